The molecule has 0 radical (unpaired) electrons. The van der Waals surface area contributed by atoms with Crippen molar-refractivity contribution in [2.24, 2.45) is 0 Å². The zero-order valence-corrected chi connectivity index (χ0v) is 14.1. The number of nitrogens with one attached hydrogen (secondary N) is 1. The van der Waals surface area contributed by atoms with Crippen LogP contribution in [0.2, 0.25) is 0 Å². The Hall–Kier alpha value is -0.330. The average molecular weight is 303 g/mol. The summed E-state index contributed by atoms with van der Waals surface area (Å²) in [4.78, 5) is 2.00. The first-order chi connectivity index (χ1) is 9.13. The Bertz CT molecular complexity index is 341. The summed E-state index contributed by atoms with van der Waals surface area (Å²) in [5.41, 5.74) is 0. The molecular formula is C13H26N4S2. The number of hydrogen-bond donors (Lipinski definition) is 1. The maximum atomic E-state index is 4.18. The highest BCUT2D eigenvalue weighted by Crippen LogP contribution is 2.26. The molecule has 110 valence electrons. The van der Waals surface area contributed by atoms with Gasteiger partial charge in [-0.3, -0.25) is 0 Å². The molecule has 4 nitrogen and oxygen atoms in total. The Balaban J connectivity index is 2.09. The first-order valence-electron chi connectivity index (χ1n) is 7.00. The van der Waals surface area contributed by atoms with Crippen LogP contribution in [0, 0.1) is 0 Å². The molecule has 1 heterocycles. The van der Waals surface area contributed by atoms with Crippen LogP contribution in [-0.4, -0.2) is 42.6 Å². The second-order valence-electron chi connectivity index (χ2n) is 4.94. The van der Waals surface area contributed by atoms with E-state index in [1.165, 1.54) is 25.7 Å². The molecule has 1 aromatic rings. The average Bonchev–Trinajstić information content (AvgIpc) is 2.84. The lowest BCUT2D eigenvalue weighted by molar-refractivity contribution is 0.502. The summed E-state index contributed by atoms with van der Waals surface area (Å²) in [5, 5.41) is 12.9. The second-order valence-corrected chi connectivity index (χ2v) is 7.24. The molecule has 0 saturated carbocycles. The minimum atomic E-state index is 0.624. The molecule has 1 N–H and O–H groups in total. The van der Waals surface area contributed by atoms with E-state index in [2.05, 4.69) is 29.4 Å². The highest BCUT2D eigenvalue weighted by Gasteiger charge is 2.06. The van der Waals surface area contributed by atoms with Crippen molar-refractivity contribution < 1.29 is 0 Å². The van der Waals surface area contributed by atoms with Gasteiger partial charge in [0.25, 0.3) is 0 Å². The van der Waals surface area contributed by atoms with Crippen LogP contribution in [0.5, 0.6) is 0 Å². The van der Waals surface area contributed by atoms with E-state index in [1.54, 1.807) is 23.1 Å². The van der Waals surface area contributed by atoms with Gasteiger partial charge in [-0.2, -0.15) is 0 Å². The van der Waals surface area contributed by atoms with E-state index in [0.29, 0.717) is 6.04 Å². The van der Waals surface area contributed by atoms with Crippen LogP contribution in [0.15, 0.2) is 4.34 Å². The fourth-order valence-corrected chi connectivity index (χ4v) is 3.39. The molecule has 0 fully saturated rings. The molecule has 0 saturated heterocycles. The first-order valence-corrected chi connectivity index (χ1v) is 8.80. The maximum Gasteiger partial charge on any atom is 0.208 e. The van der Waals surface area contributed by atoms with Gasteiger partial charge in [0.05, 0.1) is 0 Å². The quantitative estimate of drug-likeness (QED) is 0.531. The Morgan fingerprint density at radius 1 is 1.32 bits per heavy atom. The van der Waals surface area contributed by atoms with Crippen LogP contribution in [0.1, 0.15) is 39.5 Å². The Labute approximate surface area is 125 Å². The minimum Gasteiger partial charge on any atom is -0.353 e. The summed E-state index contributed by atoms with van der Waals surface area (Å²) < 4.78 is 1.06. The molecule has 1 unspecified atom stereocenters. The van der Waals surface area contributed by atoms with Crippen molar-refractivity contribution in [3.63, 3.8) is 0 Å². The van der Waals surface area contributed by atoms with Crippen LogP contribution in [0.3, 0.4) is 0 Å². The molecule has 0 aliphatic carbocycles. The zero-order valence-electron chi connectivity index (χ0n) is 12.5. The fraction of sp³-hybridized carbons (Fsp3) is 0.846. The molecule has 0 aromatic carbocycles. The van der Waals surface area contributed by atoms with Gasteiger partial charge in [0.1, 0.15) is 0 Å². The number of rotatable bonds is 10. The summed E-state index contributed by atoms with van der Waals surface area (Å²) >= 11 is 3.44. The highest BCUT2D eigenvalue weighted by atomic mass is 32.2. The van der Waals surface area contributed by atoms with Gasteiger partial charge in [0.15, 0.2) is 4.34 Å². The molecule has 0 amide bonds. The molecule has 0 aliphatic heterocycles. The van der Waals surface area contributed by atoms with E-state index in [4.69, 9.17) is 0 Å². The maximum absolute atomic E-state index is 4.18. The Morgan fingerprint density at radius 3 is 2.74 bits per heavy atom. The zero-order chi connectivity index (χ0) is 14.1. The summed E-state index contributed by atoms with van der Waals surface area (Å²) in [7, 11) is 3.99. The molecule has 6 heteroatoms. The summed E-state index contributed by atoms with van der Waals surface area (Å²) in [6.07, 6.45) is 5.26. The van der Waals surface area contributed by atoms with Gasteiger partial charge < -0.3 is 10.2 Å². The third-order valence-corrected chi connectivity index (χ3v) is 5.07. The predicted molar refractivity (Wildman–Crippen MR) is 86.6 cm³/mol. The van der Waals surface area contributed by atoms with Crippen molar-refractivity contribution in [1.82, 2.24) is 15.5 Å². The third kappa shape index (κ3) is 7.13. The highest BCUT2D eigenvalue weighted by molar-refractivity contribution is 8.01. The van der Waals surface area contributed by atoms with Crippen LogP contribution in [0.25, 0.3) is 0 Å². The van der Waals surface area contributed by atoms with Crippen LogP contribution in [0.4, 0.5) is 5.13 Å². The van der Waals surface area contributed by atoms with Crippen LogP contribution < -0.4 is 10.2 Å². The monoisotopic (exact) mass is 302 g/mol. The molecule has 19 heavy (non-hydrogen) atoms. The molecule has 1 rings (SSSR count). The van der Waals surface area contributed by atoms with E-state index in [0.717, 1.165) is 21.8 Å². The molecule has 1 aromatic heterocycles. The van der Waals surface area contributed by atoms with Gasteiger partial charge in [-0.15, -0.1) is 10.2 Å². The van der Waals surface area contributed by atoms with Crippen molar-refractivity contribution in [3.05, 3.63) is 0 Å². The van der Waals surface area contributed by atoms with Crippen molar-refractivity contribution in [2.45, 2.75) is 49.9 Å². The van der Waals surface area contributed by atoms with Crippen molar-refractivity contribution in [1.29, 1.82) is 0 Å². The second kappa shape index (κ2) is 9.55. The van der Waals surface area contributed by atoms with Crippen LogP contribution >= 0.6 is 23.1 Å². The molecule has 1 atom stereocenters. The first kappa shape index (κ1) is 16.7. The standard InChI is InChI=1S/C13H26N4S2/c1-5-6-7-8-11(2)14-9-10-18-13-16-15-12(19-13)17(3)4/h11,14H,5-10H2,1-4H3. The van der Waals surface area contributed by atoms with Crippen molar-refractivity contribution >= 4 is 28.2 Å². The molecule has 0 bridgehead atoms. The van der Waals surface area contributed by atoms with Gasteiger partial charge in [0, 0.05) is 32.4 Å². The van der Waals surface area contributed by atoms with E-state index in [-0.39, 0.29) is 0 Å². The van der Waals surface area contributed by atoms with Gasteiger partial charge in [0.2, 0.25) is 5.13 Å². The molecular weight excluding hydrogens is 276 g/mol. The molecule has 0 aliphatic rings. The lowest BCUT2D eigenvalue weighted by atomic mass is 10.1. The lowest BCUT2D eigenvalue weighted by Crippen LogP contribution is -2.28. The predicted octanol–water partition coefficient (Wildman–Crippen LogP) is 3.25. The molecule has 0 spiro atoms. The van der Waals surface area contributed by atoms with E-state index >= 15 is 0 Å². The summed E-state index contributed by atoms with van der Waals surface area (Å²) in [6, 6.07) is 0.624. The topological polar surface area (TPSA) is 41.1 Å². The van der Waals surface area contributed by atoms with Crippen molar-refractivity contribution in [2.75, 3.05) is 31.3 Å². The fourth-order valence-electron chi connectivity index (χ4n) is 1.69. The number of hydrogen-bond acceptors (Lipinski definition) is 6. The third-order valence-electron chi connectivity index (χ3n) is 2.84. The number of aromatic nitrogens is 2. The van der Waals surface area contributed by atoms with Crippen molar-refractivity contribution in [3.8, 4) is 0 Å². The van der Waals surface area contributed by atoms with Gasteiger partial charge >= 0.3 is 0 Å². The number of unbranched alkanes of at least 4 members (excludes halogenated alkanes) is 2. The van der Waals surface area contributed by atoms with E-state index < -0.39 is 0 Å². The lowest BCUT2D eigenvalue weighted by Gasteiger charge is -2.12. The van der Waals surface area contributed by atoms with Crippen LogP contribution in [-0.2, 0) is 0 Å². The van der Waals surface area contributed by atoms with E-state index in [9.17, 15) is 0 Å². The van der Waals surface area contributed by atoms with Gasteiger partial charge in [-0.1, -0.05) is 49.3 Å². The van der Waals surface area contributed by atoms with Gasteiger partial charge in [-0.25, -0.2) is 0 Å². The SMILES string of the molecule is CCCCCC(C)NCCSc1nnc(N(C)C)s1. The normalized spacial score (nSPS) is 12.6. The Kier molecular flexibility index (Phi) is 8.41. The number of thioether (sulfide) groups is 1. The number of nitrogens with zero attached hydrogens (tertiary/aromatic N) is 3. The largest absolute Gasteiger partial charge is 0.353 e. The number of anilines is 1. The van der Waals surface area contributed by atoms with E-state index in [1.807, 2.05) is 19.0 Å². The van der Waals surface area contributed by atoms with Gasteiger partial charge in [-0.05, 0) is 13.3 Å². The minimum absolute atomic E-state index is 0.624. The smallest absolute Gasteiger partial charge is 0.208 e. The summed E-state index contributed by atoms with van der Waals surface area (Å²) in [6.45, 7) is 5.56. The summed E-state index contributed by atoms with van der Waals surface area (Å²) in [5.74, 6) is 1.06. The Morgan fingerprint density at radius 2 is 2.11 bits per heavy atom.